The number of nitrogens with zero attached hydrogens (tertiary/aromatic N) is 1. The van der Waals surface area contributed by atoms with E-state index in [-0.39, 0.29) is 0 Å². The highest BCUT2D eigenvalue weighted by molar-refractivity contribution is 5.90. The second kappa shape index (κ2) is 4.87. The Labute approximate surface area is 105 Å². The average Bonchev–Trinajstić information content (AvgIpc) is 2.35. The first-order valence-corrected chi connectivity index (χ1v) is 5.47. The molecule has 18 heavy (non-hydrogen) atoms. The van der Waals surface area contributed by atoms with Crippen LogP contribution in [0.3, 0.4) is 0 Å². The number of pyridine rings is 1. The number of benzene rings is 1. The van der Waals surface area contributed by atoms with Crippen molar-refractivity contribution in [3.8, 4) is 5.75 Å². The number of ether oxygens (including phenoxy) is 1. The molecule has 0 amide bonds. The minimum absolute atomic E-state index is 0.621. The maximum Gasteiger partial charge on any atom is 0.328 e. The van der Waals surface area contributed by atoms with Gasteiger partial charge in [-0.15, -0.1) is 0 Å². The first-order valence-electron chi connectivity index (χ1n) is 5.47. The fourth-order valence-electron chi connectivity index (χ4n) is 1.89. The Morgan fingerprint density at radius 3 is 2.89 bits per heavy atom. The van der Waals surface area contributed by atoms with Gasteiger partial charge in [-0.1, -0.05) is 6.07 Å². The third kappa shape index (κ3) is 2.32. The highest BCUT2D eigenvalue weighted by Crippen LogP contribution is 2.27. The molecule has 1 heterocycles. The van der Waals surface area contributed by atoms with E-state index in [2.05, 4.69) is 4.98 Å². The third-order valence-corrected chi connectivity index (χ3v) is 2.63. The first-order chi connectivity index (χ1) is 8.61. The minimum Gasteiger partial charge on any atom is -0.496 e. The highest BCUT2D eigenvalue weighted by atomic mass is 16.5. The van der Waals surface area contributed by atoms with Gasteiger partial charge in [-0.3, -0.25) is 0 Å². The Bertz CT molecular complexity index is 632. The summed E-state index contributed by atoms with van der Waals surface area (Å²) < 4.78 is 5.29. The molecule has 92 valence electrons. The summed E-state index contributed by atoms with van der Waals surface area (Å²) in [6, 6.07) is 7.45. The van der Waals surface area contributed by atoms with Crippen LogP contribution in [0.1, 0.15) is 11.3 Å². The maximum atomic E-state index is 10.5. The fourth-order valence-corrected chi connectivity index (χ4v) is 1.89. The molecule has 0 radical (unpaired) electrons. The van der Waals surface area contributed by atoms with Gasteiger partial charge < -0.3 is 9.84 Å². The lowest BCUT2D eigenvalue weighted by Gasteiger charge is -2.08. The molecule has 1 N–H and O–H groups in total. The van der Waals surface area contributed by atoms with Gasteiger partial charge in [-0.05, 0) is 36.8 Å². The quantitative estimate of drug-likeness (QED) is 0.842. The Kier molecular flexibility index (Phi) is 3.28. The molecular formula is C14H13NO3. The molecule has 4 heteroatoms. The van der Waals surface area contributed by atoms with Crippen LogP contribution in [0.2, 0.25) is 0 Å². The summed E-state index contributed by atoms with van der Waals surface area (Å²) >= 11 is 0. The molecule has 1 aromatic heterocycles. The van der Waals surface area contributed by atoms with Crippen molar-refractivity contribution < 1.29 is 14.6 Å². The molecule has 0 unspecified atom stereocenters. The number of fused-ring (bicyclic) bond motifs is 1. The van der Waals surface area contributed by atoms with Crippen LogP contribution in [0.15, 0.2) is 30.3 Å². The summed E-state index contributed by atoms with van der Waals surface area (Å²) in [5.41, 5.74) is 2.41. The van der Waals surface area contributed by atoms with Gasteiger partial charge in [0.1, 0.15) is 5.75 Å². The SMILES string of the molecule is COc1cccc2nc(/C=C/C(=O)O)cc(C)c12. The van der Waals surface area contributed by atoms with Crippen molar-refractivity contribution in [2.75, 3.05) is 7.11 Å². The van der Waals surface area contributed by atoms with Crippen LogP contribution in [0.4, 0.5) is 0 Å². The normalized spacial score (nSPS) is 11.0. The largest absolute Gasteiger partial charge is 0.496 e. The molecule has 0 aliphatic carbocycles. The number of carboxylic acids is 1. The van der Waals surface area contributed by atoms with E-state index in [1.807, 2.05) is 31.2 Å². The summed E-state index contributed by atoms with van der Waals surface area (Å²) in [5.74, 6) is -0.216. The molecule has 2 rings (SSSR count). The third-order valence-electron chi connectivity index (χ3n) is 2.63. The van der Waals surface area contributed by atoms with Crippen molar-refractivity contribution in [3.05, 3.63) is 41.6 Å². The molecule has 0 saturated heterocycles. The molecule has 0 aliphatic heterocycles. The van der Waals surface area contributed by atoms with Gasteiger partial charge in [-0.2, -0.15) is 0 Å². The van der Waals surface area contributed by atoms with Crippen LogP contribution in [0.5, 0.6) is 5.75 Å². The standard InChI is InChI=1S/C14H13NO3/c1-9-8-10(6-7-13(16)17)15-11-4-3-5-12(18-2)14(9)11/h3-8H,1-2H3,(H,16,17)/b7-6+. The van der Waals surface area contributed by atoms with Crippen LogP contribution in [-0.2, 0) is 4.79 Å². The molecule has 0 spiro atoms. The lowest BCUT2D eigenvalue weighted by Crippen LogP contribution is -1.92. The van der Waals surface area contributed by atoms with E-state index in [4.69, 9.17) is 9.84 Å². The smallest absolute Gasteiger partial charge is 0.328 e. The Morgan fingerprint density at radius 1 is 1.44 bits per heavy atom. The van der Waals surface area contributed by atoms with Crippen molar-refractivity contribution >= 4 is 22.9 Å². The van der Waals surface area contributed by atoms with E-state index < -0.39 is 5.97 Å². The van der Waals surface area contributed by atoms with Crippen LogP contribution >= 0.6 is 0 Å². The lowest BCUT2D eigenvalue weighted by molar-refractivity contribution is -0.131. The number of methoxy groups -OCH3 is 1. The van der Waals surface area contributed by atoms with Gasteiger partial charge in [0.25, 0.3) is 0 Å². The number of aliphatic carboxylic acids is 1. The van der Waals surface area contributed by atoms with Gasteiger partial charge in [-0.25, -0.2) is 9.78 Å². The molecular weight excluding hydrogens is 230 g/mol. The van der Waals surface area contributed by atoms with E-state index in [0.29, 0.717) is 5.69 Å². The van der Waals surface area contributed by atoms with Gasteiger partial charge in [0, 0.05) is 11.5 Å². The van der Waals surface area contributed by atoms with E-state index in [0.717, 1.165) is 28.3 Å². The molecule has 2 aromatic rings. The highest BCUT2D eigenvalue weighted by Gasteiger charge is 2.06. The number of hydrogen-bond donors (Lipinski definition) is 1. The number of carbonyl (C=O) groups is 1. The van der Waals surface area contributed by atoms with Gasteiger partial charge >= 0.3 is 5.97 Å². The Hall–Kier alpha value is -2.36. The zero-order valence-corrected chi connectivity index (χ0v) is 10.2. The topological polar surface area (TPSA) is 59.4 Å². The zero-order valence-electron chi connectivity index (χ0n) is 10.2. The van der Waals surface area contributed by atoms with Crippen LogP contribution in [0.25, 0.3) is 17.0 Å². The molecule has 4 nitrogen and oxygen atoms in total. The van der Waals surface area contributed by atoms with Gasteiger partial charge in [0.05, 0.1) is 18.3 Å². The lowest BCUT2D eigenvalue weighted by atomic mass is 10.1. The number of hydrogen-bond acceptors (Lipinski definition) is 3. The molecule has 0 fully saturated rings. The summed E-state index contributed by atoms with van der Waals surface area (Å²) in [7, 11) is 1.62. The molecule has 0 saturated carbocycles. The van der Waals surface area contributed by atoms with Crippen LogP contribution in [0, 0.1) is 6.92 Å². The number of carboxylic acid groups (broad SMARTS) is 1. The molecule has 0 aliphatic rings. The van der Waals surface area contributed by atoms with Crippen molar-refractivity contribution in [1.29, 1.82) is 0 Å². The molecule has 1 aromatic carbocycles. The van der Waals surface area contributed by atoms with Gasteiger partial charge in [0.2, 0.25) is 0 Å². The van der Waals surface area contributed by atoms with E-state index in [1.54, 1.807) is 7.11 Å². The summed E-state index contributed by atoms with van der Waals surface area (Å²) in [6.07, 6.45) is 2.56. The van der Waals surface area contributed by atoms with E-state index in [1.165, 1.54) is 6.08 Å². The van der Waals surface area contributed by atoms with Gasteiger partial charge in [0.15, 0.2) is 0 Å². The summed E-state index contributed by atoms with van der Waals surface area (Å²) in [6.45, 7) is 1.95. The van der Waals surface area contributed by atoms with Crippen molar-refractivity contribution in [2.24, 2.45) is 0 Å². The van der Waals surface area contributed by atoms with Crippen molar-refractivity contribution in [3.63, 3.8) is 0 Å². The summed E-state index contributed by atoms with van der Waals surface area (Å²) in [5, 5.41) is 9.56. The number of aromatic nitrogens is 1. The predicted octanol–water partition coefficient (Wildman–Crippen LogP) is 2.65. The second-order valence-corrected chi connectivity index (χ2v) is 3.89. The molecule has 0 bridgehead atoms. The second-order valence-electron chi connectivity index (χ2n) is 3.89. The number of aryl methyl sites for hydroxylation is 1. The van der Waals surface area contributed by atoms with Crippen molar-refractivity contribution in [1.82, 2.24) is 4.98 Å². The Morgan fingerprint density at radius 2 is 2.22 bits per heavy atom. The predicted molar refractivity (Wildman–Crippen MR) is 69.7 cm³/mol. The van der Waals surface area contributed by atoms with E-state index in [9.17, 15) is 4.79 Å². The molecule has 0 atom stereocenters. The van der Waals surface area contributed by atoms with E-state index >= 15 is 0 Å². The summed E-state index contributed by atoms with van der Waals surface area (Å²) in [4.78, 5) is 14.9. The van der Waals surface area contributed by atoms with Crippen LogP contribution < -0.4 is 4.74 Å². The maximum absolute atomic E-state index is 10.5. The first kappa shape index (κ1) is 12.1. The zero-order chi connectivity index (χ0) is 13.1. The van der Waals surface area contributed by atoms with Crippen molar-refractivity contribution in [2.45, 2.75) is 6.92 Å². The number of rotatable bonds is 3. The average molecular weight is 243 g/mol. The van der Waals surface area contributed by atoms with Crippen LogP contribution in [-0.4, -0.2) is 23.2 Å². The minimum atomic E-state index is -0.986. The fraction of sp³-hybridized carbons (Fsp3) is 0.143. The Balaban J connectivity index is 2.60. The monoisotopic (exact) mass is 243 g/mol.